The van der Waals surface area contributed by atoms with Gasteiger partial charge in [0.1, 0.15) is 6.04 Å². The fourth-order valence-electron chi connectivity index (χ4n) is 4.19. The van der Waals surface area contributed by atoms with Gasteiger partial charge in [-0.15, -0.1) is 5.10 Å². The van der Waals surface area contributed by atoms with E-state index in [1.54, 1.807) is 4.68 Å². The Morgan fingerprint density at radius 3 is 2.54 bits per heavy atom. The van der Waals surface area contributed by atoms with Crippen LogP contribution >= 0.6 is 0 Å². The van der Waals surface area contributed by atoms with E-state index in [1.807, 2.05) is 47.4 Å². The number of fused-ring (bicyclic) bond motifs is 2. The standard InChI is InChI=1S/C22H17N5O/c28-22-19-8-4-3-7-18(19)20(26(22)16-11-12-16)21-23-24-25-27(21)17-10-9-14-5-1-2-6-15(14)13-17/h1-10,13,16,20H,11-12H2. The van der Waals surface area contributed by atoms with Crippen molar-refractivity contribution in [3.8, 4) is 5.69 Å². The first-order valence-electron chi connectivity index (χ1n) is 9.50. The number of aromatic nitrogens is 4. The van der Waals surface area contributed by atoms with Crippen LogP contribution in [0.25, 0.3) is 16.5 Å². The van der Waals surface area contributed by atoms with Crippen LogP contribution in [0.4, 0.5) is 0 Å². The van der Waals surface area contributed by atoms with Crippen LogP contribution in [-0.2, 0) is 0 Å². The van der Waals surface area contributed by atoms with Crippen LogP contribution in [0.3, 0.4) is 0 Å². The van der Waals surface area contributed by atoms with Crippen LogP contribution in [-0.4, -0.2) is 37.1 Å². The Kier molecular flexibility index (Phi) is 3.17. The minimum Gasteiger partial charge on any atom is -0.321 e. The summed E-state index contributed by atoms with van der Waals surface area (Å²) < 4.78 is 1.77. The van der Waals surface area contributed by atoms with E-state index < -0.39 is 0 Å². The molecule has 2 heterocycles. The van der Waals surface area contributed by atoms with Gasteiger partial charge in [0.15, 0.2) is 5.82 Å². The second kappa shape index (κ2) is 5.73. The summed E-state index contributed by atoms with van der Waals surface area (Å²) in [6.07, 6.45) is 2.07. The molecule has 1 aliphatic heterocycles. The molecule has 1 aliphatic carbocycles. The highest BCUT2D eigenvalue weighted by atomic mass is 16.2. The smallest absolute Gasteiger partial charge is 0.255 e. The molecule has 0 spiro atoms. The molecule has 1 aromatic heterocycles. The fraction of sp³-hybridized carbons (Fsp3) is 0.182. The summed E-state index contributed by atoms with van der Waals surface area (Å²) in [5.74, 6) is 0.761. The molecule has 1 unspecified atom stereocenters. The first-order chi connectivity index (χ1) is 13.8. The molecule has 6 nitrogen and oxygen atoms in total. The Morgan fingerprint density at radius 2 is 1.68 bits per heavy atom. The number of nitrogens with zero attached hydrogens (tertiary/aromatic N) is 5. The molecule has 4 aromatic rings. The number of tetrazole rings is 1. The molecule has 1 saturated carbocycles. The van der Waals surface area contributed by atoms with E-state index in [0.717, 1.165) is 35.0 Å². The average molecular weight is 367 g/mol. The maximum atomic E-state index is 13.1. The van der Waals surface area contributed by atoms with Crippen LogP contribution in [0.15, 0.2) is 66.7 Å². The second-order valence-corrected chi connectivity index (χ2v) is 7.41. The summed E-state index contributed by atoms with van der Waals surface area (Å²) in [7, 11) is 0. The number of benzene rings is 3. The zero-order valence-corrected chi connectivity index (χ0v) is 15.1. The van der Waals surface area contributed by atoms with E-state index >= 15 is 0 Å². The predicted octanol–water partition coefficient (Wildman–Crippen LogP) is 3.52. The van der Waals surface area contributed by atoms with Gasteiger partial charge in [0, 0.05) is 11.6 Å². The molecule has 0 N–H and O–H groups in total. The zero-order chi connectivity index (χ0) is 18.7. The van der Waals surface area contributed by atoms with E-state index in [1.165, 1.54) is 5.39 Å². The van der Waals surface area contributed by atoms with Crippen molar-refractivity contribution in [1.29, 1.82) is 0 Å². The van der Waals surface area contributed by atoms with Gasteiger partial charge in [0.2, 0.25) is 0 Å². The van der Waals surface area contributed by atoms with Crippen molar-refractivity contribution >= 4 is 16.7 Å². The third kappa shape index (κ3) is 2.21. The number of rotatable bonds is 3. The lowest BCUT2D eigenvalue weighted by Gasteiger charge is -2.24. The normalized spacial score (nSPS) is 18.6. The summed E-state index contributed by atoms with van der Waals surface area (Å²) in [6, 6.07) is 22.2. The average Bonchev–Trinajstić information content (AvgIpc) is 3.38. The fourth-order valence-corrected chi connectivity index (χ4v) is 4.19. The lowest BCUT2D eigenvalue weighted by molar-refractivity contribution is 0.0729. The highest BCUT2D eigenvalue weighted by Crippen LogP contribution is 2.44. The Balaban J connectivity index is 1.52. The molecule has 1 amide bonds. The molecule has 2 aliphatic rings. The van der Waals surface area contributed by atoms with E-state index in [-0.39, 0.29) is 18.0 Å². The quantitative estimate of drug-likeness (QED) is 0.556. The van der Waals surface area contributed by atoms with Crippen molar-refractivity contribution in [3.05, 3.63) is 83.7 Å². The molecular weight excluding hydrogens is 350 g/mol. The predicted molar refractivity (Wildman–Crippen MR) is 104 cm³/mol. The largest absolute Gasteiger partial charge is 0.321 e. The van der Waals surface area contributed by atoms with Gasteiger partial charge in [0.25, 0.3) is 5.91 Å². The first kappa shape index (κ1) is 15.5. The highest BCUT2D eigenvalue weighted by Gasteiger charge is 2.47. The monoisotopic (exact) mass is 367 g/mol. The van der Waals surface area contributed by atoms with Crippen molar-refractivity contribution in [2.45, 2.75) is 24.9 Å². The van der Waals surface area contributed by atoms with Gasteiger partial charge in [-0.25, -0.2) is 0 Å². The number of carbonyl (C=O) groups excluding carboxylic acids is 1. The molecule has 6 heteroatoms. The number of carbonyl (C=O) groups is 1. The maximum Gasteiger partial charge on any atom is 0.255 e. The van der Waals surface area contributed by atoms with Crippen LogP contribution < -0.4 is 0 Å². The molecule has 136 valence electrons. The molecule has 1 fully saturated rings. The Hall–Kier alpha value is -3.54. The Morgan fingerprint density at radius 1 is 0.893 bits per heavy atom. The van der Waals surface area contributed by atoms with Gasteiger partial charge in [-0.05, 0) is 57.8 Å². The summed E-state index contributed by atoms with van der Waals surface area (Å²) in [4.78, 5) is 15.0. The highest BCUT2D eigenvalue weighted by molar-refractivity contribution is 6.00. The lowest BCUT2D eigenvalue weighted by atomic mass is 10.0. The van der Waals surface area contributed by atoms with Crippen LogP contribution in [0.1, 0.15) is 40.6 Å². The molecule has 3 aromatic carbocycles. The van der Waals surface area contributed by atoms with Gasteiger partial charge >= 0.3 is 0 Å². The zero-order valence-electron chi connectivity index (χ0n) is 15.1. The van der Waals surface area contributed by atoms with Gasteiger partial charge in [-0.2, -0.15) is 4.68 Å². The molecule has 0 radical (unpaired) electrons. The third-order valence-corrected chi connectivity index (χ3v) is 5.65. The number of hydrogen-bond acceptors (Lipinski definition) is 4. The van der Waals surface area contributed by atoms with Crippen LogP contribution in [0.2, 0.25) is 0 Å². The Labute approximate surface area is 161 Å². The van der Waals surface area contributed by atoms with E-state index in [0.29, 0.717) is 5.82 Å². The van der Waals surface area contributed by atoms with Crippen molar-refractivity contribution in [2.24, 2.45) is 0 Å². The molecule has 28 heavy (non-hydrogen) atoms. The summed E-state index contributed by atoms with van der Waals surface area (Å²) in [6.45, 7) is 0. The molecular formula is C22H17N5O. The van der Waals surface area contributed by atoms with Crippen molar-refractivity contribution in [2.75, 3.05) is 0 Å². The van der Waals surface area contributed by atoms with Crippen molar-refractivity contribution in [1.82, 2.24) is 25.1 Å². The summed E-state index contributed by atoms with van der Waals surface area (Å²) >= 11 is 0. The number of hydrogen-bond donors (Lipinski definition) is 0. The minimum atomic E-state index is -0.252. The first-order valence-corrected chi connectivity index (χ1v) is 9.50. The number of amides is 1. The minimum absolute atomic E-state index is 0.0798. The molecule has 1 atom stereocenters. The van der Waals surface area contributed by atoms with Gasteiger partial charge in [-0.1, -0.05) is 48.5 Å². The van der Waals surface area contributed by atoms with Crippen molar-refractivity contribution < 1.29 is 4.79 Å². The van der Waals surface area contributed by atoms with Gasteiger partial charge in [0.05, 0.1) is 5.69 Å². The Bertz CT molecular complexity index is 1230. The third-order valence-electron chi connectivity index (χ3n) is 5.65. The van der Waals surface area contributed by atoms with Gasteiger partial charge < -0.3 is 4.90 Å². The van der Waals surface area contributed by atoms with Crippen LogP contribution in [0.5, 0.6) is 0 Å². The maximum absolute atomic E-state index is 13.1. The van der Waals surface area contributed by atoms with Gasteiger partial charge in [-0.3, -0.25) is 4.79 Å². The van der Waals surface area contributed by atoms with Crippen molar-refractivity contribution in [3.63, 3.8) is 0 Å². The van der Waals surface area contributed by atoms with Crippen LogP contribution in [0, 0.1) is 0 Å². The summed E-state index contributed by atoms with van der Waals surface area (Å²) in [5, 5.41) is 14.9. The van der Waals surface area contributed by atoms with E-state index in [9.17, 15) is 4.79 Å². The SMILES string of the molecule is O=C1c2ccccc2C(c2nnnn2-c2ccc3ccccc3c2)N1C1CC1. The molecule has 0 bridgehead atoms. The van der Waals surface area contributed by atoms with E-state index in [4.69, 9.17) is 0 Å². The topological polar surface area (TPSA) is 63.9 Å². The molecule has 6 rings (SSSR count). The second-order valence-electron chi connectivity index (χ2n) is 7.41. The lowest BCUT2D eigenvalue weighted by Crippen LogP contribution is -2.32. The summed E-state index contributed by atoms with van der Waals surface area (Å²) in [5.41, 5.74) is 2.63. The van der Waals surface area contributed by atoms with E-state index in [2.05, 4.69) is 39.8 Å². The molecule has 0 saturated heterocycles.